The van der Waals surface area contributed by atoms with E-state index >= 15 is 0 Å². The van der Waals surface area contributed by atoms with Crippen LogP contribution in [-0.2, 0) is 11.3 Å². The molecule has 4 rings (SSSR count). The molecule has 0 spiro atoms. The van der Waals surface area contributed by atoms with Crippen molar-refractivity contribution in [2.75, 3.05) is 16.8 Å². The molecule has 1 heterocycles. The van der Waals surface area contributed by atoms with Crippen LogP contribution in [0.5, 0.6) is 0 Å². The second-order valence-corrected chi connectivity index (χ2v) is 7.00. The van der Waals surface area contributed by atoms with Gasteiger partial charge in [-0.15, -0.1) is 0 Å². The van der Waals surface area contributed by atoms with Crippen molar-refractivity contribution in [3.63, 3.8) is 0 Å². The van der Waals surface area contributed by atoms with Crippen LogP contribution in [0.1, 0.15) is 24.8 Å². The van der Waals surface area contributed by atoms with Crippen molar-refractivity contribution in [2.24, 2.45) is 0 Å². The maximum atomic E-state index is 12.3. The van der Waals surface area contributed by atoms with Crippen molar-refractivity contribution in [1.82, 2.24) is 5.32 Å². The molecule has 28 heavy (non-hydrogen) atoms. The first-order valence-corrected chi connectivity index (χ1v) is 9.63. The molecular formula is C23H23N3O2. The Morgan fingerprint density at radius 1 is 0.929 bits per heavy atom. The Balaban J connectivity index is 1.36. The Morgan fingerprint density at radius 3 is 2.54 bits per heavy atom. The summed E-state index contributed by atoms with van der Waals surface area (Å²) in [6.07, 6.45) is 2.60. The SMILES string of the molecule is O=C(NCc1cccc2ccccc12)Nc1ccc(N2CCCCC2=O)cc1. The lowest BCUT2D eigenvalue weighted by Gasteiger charge is -2.26. The molecule has 1 aliphatic heterocycles. The summed E-state index contributed by atoms with van der Waals surface area (Å²) in [5, 5.41) is 8.06. The normalized spacial score (nSPS) is 14.1. The lowest BCUT2D eigenvalue weighted by molar-refractivity contribution is -0.119. The van der Waals surface area contributed by atoms with E-state index in [0.717, 1.165) is 41.4 Å². The van der Waals surface area contributed by atoms with E-state index < -0.39 is 0 Å². The topological polar surface area (TPSA) is 61.4 Å². The fourth-order valence-electron chi connectivity index (χ4n) is 3.60. The van der Waals surface area contributed by atoms with Gasteiger partial charge in [-0.2, -0.15) is 0 Å². The molecule has 2 N–H and O–H groups in total. The van der Waals surface area contributed by atoms with Crippen molar-refractivity contribution < 1.29 is 9.59 Å². The number of nitrogens with one attached hydrogen (secondary N) is 2. The third kappa shape index (κ3) is 3.98. The Bertz CT molecular complexity index is 993. The van der Waals surface area contributed by atoms with Crippen molar-refractivity contribution in [3.05, 3.63) is 72.3 Å². The molecule has 5 nitrogen and oxygen atoms in total. The molecule has 142 valence electrons. The Morgan fingerprint density at radius 2 is 1.71 bits per heavy atom. The van der Waals surface area contributed by atoms with Crippen molar-refractivity contribution in [3.8, 4) is 0 Å². The molecular weight excluding hydrogens is 350 g/mol. The molecule has 3 aromatic carbocycles. The highest BCUT2D eigenvalue weighted by Gasteiger charge is 2.19. The van der Waals surface area contributed by atoms with E-state index in [1.165, 1.54) is 0 Å². The molecule has 0 saturated carbocycles. The van der Waals surface area contributed by atoms with Crippen LogP contribution in [-0.4, -0.2) is 18.5 Å². The molecule has 3 aromatic rings. The number of anilines is 2. The zero-order chi connectivity index (χ0) is 19.3. The summed E-state index contributed by atoms with van der Waals surface area (Å²) in [6, 6.07) is 21.4. The number of nitrogens with zero attached hydrogens (tertiary/aromatic N) is 1. The van der Waals surface area contributed by atoms with E-state index in [1.54, 1.807) is 0 Å². The molecule has 5 heteroatoms. The van der Waals surface area contributed by atoms with Gasteiger partial charge in [-0.05, 0) is 53.4 Å². The van der Waals surface area contributed by atoms with Crippen molar-refractivity contribution >= 4 is 34.1 Å². The summed E-state index contributed by atoms with van der Waals surface area (Å²) >= 11 is 0. The van der Waals surface area contributed by atoms with Gasteiger partial charge in [0.1, 0.15) is 0 Å². The monoisotopic (exact) mass is 373 g/mol. The van der Waals surface area contributed by atoms with E-state index in [-0.39, 0.29) is 11.9 Å². The third-order valence-electron chi connectivity index (χ3n) is 5.08. The van der Waals surface area contributed by atoms with E-state index in [4.69, 9.17) is 0 Å². The first-order chi connectivity index (χ1) is 13.7. The number of hydrogen-bond acceptors (Lipinski definition) is 2. The minimum absolute atomic E-state index is 0.166. The minimum Gasteiger partial charge on any atom is -0.334 e. The molecule has 0 unspecified atom stereocenters. The van der Waals surface area contributed by atoms with Crippen LogP contribution in [0.3, 0.4) is 0 Å². The van der Waals surface area contributed by atoms with Crippen molar-refractivity contribution in [1.29, 1.82) is 0 Å². The largest absolute Gasteiger partial charge is 0.334 e. The van der Waals surface area contributed by atoms with Gasteiger partial charge >= 0.3 is 6.03 Å². The molecule has 0 radical (unpaired) electrons. The number of piperidine rings is 1. The van der Waals surface area contributed by atoms with E-state index in [1.807, 2.05) is 53.4 Å². The van der Waals surface area contributed by atoms with Gasteiger partial charge in [-0.1, -0.05) is 42.5 Å². The molecule has 1 fully saturated rings. The van der Waals surface area contributed by atoms with Gasteiger partial charge in [0.05, 0.1) is 0 Å². The number of urea groups is 1. The van der Waals surface area contributed by atoms with Gasteiger partial charge in [-0.3, -0.25) is 4.79 Å². The molecule has 0 atom stereocenters. The second kappa shape index (κ2) is 8.13. The van der Waals surface area contributed by atoms with Gasteiger partial charge in [0.15, 0.2) is 0 Å². The van der Waals surface area contributed by atoms with Crippen molar-refractivity contribution in [2.45, 2.75) is 25.8 Å². The van der Waals surface area contributed by atoms with E-state index in [0.29, 0.717) is 18.7 Å². The van der Waals surface area contributed by atoms with Crippen LogP contribution in [0.15, 0.2) is 66.7 Å². The molecule has 1 saturated heterocycles. The number of hydrogen-bond donors (Lipinski definition) is 2. The highest BCUT2D eigenvalue weighted by Crippen LogP contribution is 2.23. The quantitative estimate of drug-likeness (QED) is 0.698. The molecule has 0 aromatic heterocycles. The number of carbonyl (C=O) groups is 2. The summed E-state index contributed by atoms with van der Waals surface area (Å²) in [6.45, 7) is 1.21. The zero-order valence-electron chi connectivity index (χ0n) is 15.7. The Hall–Kier alpha value is -3.34. The minimum atomic E-state index is -0.255. The van der Waals surface area contributed by atoms with Gasteiger partial charge in [-0.25, -0.2) is 4.79 Å². The number of amides is 3. The van der Waals surface area contributed by atoms with Gasteiger partial charge in [0, 0.05) is 30.9 Å². The van der Waals surface area contributed by atoms with Crippen LogP contribution in [0, 0.1) is 0 Å². The summed E-state index contributed by atoms with van der Waals surface area (Å²) in [5.74, 6) is 0.166. The number of fused-ring (bicyclic) bond motifs is 1. The number of carbonyl (C=O) groups excluding carboxylic acids is 2. The van der Waals surface area contributed by atoms with Crippen LogP contribution in [0.4, 0.5) is 16.2 Å². The summed E-state index contributed by atoms with van der Waals surface area (Å²) in [7, 11) is 0. The first kappa shape index (κ1) is 18.0. The predicted octanol–water partition coefficient (Wildman–Crippen LogP) is 4.68. The van der Waals surface area contributed by atoms with Crippen LogP contribution >= 0.6 is 0 Å². The van der Waals surface area contributed by atoms with Gasteiger partial charge < -0.3 is 15.5 Å². The molecule has 3 amide bonds. The number of benzene rings is 3. The summed E-state index contributed by atoms with van der Waals surface area (Å²) in [4.78, 5) is 26.1. The Labute approximate surface area is 164 Å². The molecule has 1 aliphatic rings. The first-order valence-electron chi connectivity index (χ1n) is 9.63. The van der Waals surface area contributed by atoms with Gasteiger partial charge in [0.2, 0.25) is 5.91 Å². The smallest absolute Gasteiger partial charge is 0.319 e. The standard InChI is InChI=1S/C23H23N3O2/c27-22-10-3-4-15-26(22)20-13-11-19(12-14-20)25-23(28)24-16-18-8-5-7-17-6-1-2-9-21(17)18/h1-2,5-9,11-14H,3-4,10,15-16H2,(H2,24,25,28). The second-order valence-electron chi connectivity index (χ2n) is 7.00. The maximum absolute atomic E-state index is 12.3. The number of rotatable bonds is 4. The van der Waals surface area contributed by atoms with Crippen LogP contribution in [0.25, 0.3) is 10.8 Å². The lowest BCUT2D eigenvalue weighted by atomic mass is 10.0. The van der Waals surface area contributed by atoms with Crippen LogP contribution < -0.4 is 15.5 Å². The van der Waals surface area contributed by atoms with Gasteiger partial charge in [0.25, 0.3) is 0 Å². The fourth-order valence-corrected chi connectivity index (χ4v) is 3.60. The Kier molecular flexibility index (Phi) is 5.24. The predicted molar refractivity (Wildman–Crippen MR) is 112 cm³/mol. The highest BCUT2D eigenvalue weighted by molar-refractivity contribution is 5.95. The molecule has 0 aliphatic carbocycles. The highest BCUT2D eigenvalue weighted by atomic mass is 16.2. The maximum Gasteiger partial charge on any atom is 0.319 e. The lowest BCUT2D eigenvalue weighted by Crippen LogP contribution is -2.35. The fraction of sp³-hybridized carbons (Fsp3) is 0.217. The zero-order valence-corrected chi connectivity index (χ0v) is 15.7. The average Bonchev–Trinajstić information content (AvgIpc) is 2.73. The summed E-state index contributed by atoms with van der Waals surface area (Å²) in [5.41, 5.74) is 2.65. The van der Waals surface area contributed by atoms with Crippen LogP contribution in [0.2, 0.25) is 0 Å². The summed E-state index contributed by atoms with van der Waals surface area (Å²) < 4.78 is 0. The average molecular weight is 373 g/mol. The molecule has 0 bridgehead atoms. The van der Waals surface area contributed by atoms with E-state index in [2.05, 4.69) is 28.8 Å². The third-order valence-corrected chi connectivity index (χ3v) is 5.08. The van der Waals surface area contributed by atoms with E-state index in [9.17, 15) is 9.59 Å².